The summed E-state index contributed by atoms with van der Waals surface area (Å²) in [7, 11) is 0. The molecular formula is C24H20F3N9O4. The zero-order valence-electron chi connectivity index (χ0n) is 21.1. The maximum Gasteiger partial charge on any atom is 0.433 e. The van der Waals surface area contributed by atoms with E-state index in [-0.39, 0.29) is 35.0 Å². The van der Waals surface area contributed by atoms with Crippen LogP contribution in [0.2, 0.25) is 0 Å². The standard InChI is InChI=1S/C24H20F3N9O4/c1-11-7-14(8-28-19(11)24(25,26)27)15-5-4-6-16(31-15)32-21(37)12(2)36-10-29-20-18(36)22(38)35(23(39)33-20)9-17-30-13(3)34-40-17/h4-8,10,12H,9H2,1-3H3,(H,33,39)(H,31,32,37). The van der Waals surface area contributed by atoms with Crippen molar-refractivity contribution in [2.24, 2.45) is 0 Å². The molecule has 40 heavy (non-hydrogen) atoms. The van der Waals surface area contributed by atoms with Crippen molar-refractivity contribution in [2.75, 3.05) is 5.32 Å². The highest BCUT2D eigenvalue weighted by molar-refractivity contribution is 5.93. The van der Waals surface area contributed by atoms with Gasteiger partial charge in [-0.25, -0.2) is 19.3 Å². The van der Waals surface area contributed by atoms with Gasteiger partial charge in [-0.3, -0.25) is 19.6 Å². The van der Waals surface area contributed by atoms with E-state index >= 15 is 0 Å². The molecule has 5 aromatic rings. The molecule has 0 aliphatic heterocycles. The summed E-state index contributed by atoms with van der Waals surface area (Å²) in [5.41, 5.74) is -1.96. The molecule has 0 bridgehead atoms. The number of imidazole rings is 1. The fraction of sp³-hybridized carbons (Fsp3) is 0.250. The highest BCUT2D eigenvalue weighted by Crippen LogP contribution is 2.31. The second-order valence-corrected chi connectivity index (χ2v) is 8.87. The molecule has 1 amide bonds. The molecule has 0 saturated carbocycles. The van der Waals surface area contributed by atoms with Gasteiger partial charge in [0.05, 0.1) is 12.0 Å². The van der Waals surface area contributed by atoms with Crippen molar-refractivity contribution in [3.8, 4) is 11.3 Å². The quantitative estimate of drug-likeness (QED) is 0.320. The van der Waals surface area contributed by atoms with Gasteiger partial charge in [0.2, 0.25) is 11.8 Å². The number of carbonyl (C=O) groups excluding carboxylic acids is 1. The summed E-state index contributed by atoms with van der Waals surface area (Å²) in [6.07, 6.45) is -2.28. The first-order valence-corrected chi connectivity index (χ1v) is 11.7. The van der Waals surface area contributed by atoms with Crippen LogP contribution < -0.4 is 16.6 Å². The summed E-state index contributed by atoms with van der Waals surface area (Å²) >= 11 is 0. The minimum absolute atomic E-state index is 0.0158. The highest BCUT2D eigenvalue weighted by atomic mass is 19.4. The van der Waals surface area contributed by atoms with Gasteiger partial charge in [0.1, 0.15) is 24.1 Å². The Morgan fingerprint density at radius 3 is 2.62 bits per heavy atom. The minimum atomic E-state index is -4.58. The number of carbonyl (C=O) groups is 1. The third kappa shape index (κ3) is 4.97. The van der Waals surface area contributed by atoms with E-state index in [9.17, 15) is 27.6 Å². The van der Waals surface area contributed by atoms with E-state index in [0.29, 0.717) is 17.1 Å². The van der Waals surface area contributed by atoms with Crippen molar-refractivity contribution in [2.45, 2.75) is 39.5 Å². The van der Waals surface area contributed by atoms with Crippen LogP contribution in [0.3, 0.4) is 0 Å². The number of nitrogens with zero attached hydrogens (tertiary/aromatic N) is 7. The number of amides is 1. The van der Waals surface area contributed by atoms with E-state index in [0.717, 1.165) is 10.8 Å². The van der Waals surface area contributed by atoms with Crippen molar-refractivity contribution in [3.63, 3.8) is 0 Å². The van der Waals surface area contributed by atoms with Crippen LogP contribution in [0.25, 0.3) is 22.4 Å². The lowest BCUT2D eigenvalue weighted by Crippen LogP contribution is -2.37. The van der Waals surface area contributed by atoms with Gasteiger partial charge in [0.15, 0.2) is 17.0 Å². The van der Waals surface area contributed by atoms with Gasteiger partial charge in [-0.2, -0.15) is 18.2 Å². The molecule has 0 saturated heterocycles. The molecule has 5 aromatic heterocycles. The summed E-state index contributed by atoms with van der Waals surface area (Å²) in [4.78, 5) is 57.2. The van der Waals surface area contributed by atoms with Gasteiger partial charge >= 0.3 is 11.9 Å². The molecule has 2 N–H and O–H groups in total. The van der Waals surface area contributed by atoms with Crippen LogP contribution in [-0.2, 0) is 17.5 Å². The number of fused-ring (bicyclic) bond motifs is 1. The van der Waals surface area contributed by atoms with Crippen LogP contribution in [0.4, 0.5) is 19.0 Å². The number of aryl methyl sites for hydroxylation is 2. The van der Waals surface area contributed by atoms with Gasteiger partial charge in [-0.1, -0.05) is 11.2 Å². The highest BCUT2D eigenvalue weighted by Gasteiger charge is 2.34. The molecule has 5 rings (SSSR count). The molecule has 0 aliphatic carbocycles. The molecule has 1 atom stereocenters. The number of hydrogen-bond acceptors (Lipinski definition) is 9. The Kier molecular flexibility index (Phi) is 6.53. The van der Waals surface area contributed by atoms with Crippen molar-refractivity contribution in [1.82, 2.24) is 39.2 Å². The molecule has 0 fully saturated rings. The smallest absolute Gasteiger partial charge is 0.337 e. The predicted molar refractivity (Wildman–Crippen MR) is 133 cm³/mol. The van der Waals surface area contributed by atoms with E-state index in [4.69, 9.17) is 4.52 Å². The Hall–Kier alpha value is -5.15. The molecule has 206 valence electrons. The summed E-state index contributed by atoms with van der Waals surface area (Å²) < 4.78 is 46.3. The molecule has 13 nitrogen and oxygen atoms in total. The Morgan fingerprint density at radius 2 is 1.95 bits per heavy atom. The molecule has 0 aliphatic rings. The number of anilines is 1. The maximum atomic E-state index is 13.2. The fourth-order valence-corrected chi connectivity index (χ4v) is 4.06. The van der Waals surface area contributed by atoms with Crippen LogP contribution >= 0.6 is 0 Å². The monoisotopic (exact) mass is 555 g/mol. The van der Waals surface area contributed by atoms with Crippen molar-refractivity contribution < 1.29 is 22.5 Å². The largest absolute Gasteiger partial charge is 0.433 e. The SMILES string of the molecule is Cc1noc(Cn2c(=O)[nH]c3ncn(C(C)C(=O)Nc4cccc(-c5cnc(C(F)(F)F)c(C)c5)n4)c3c2=O)n1. The number of rotatable bonds is 6. The van der Waals surface area contributed by atoms with Crippen LogP contribution in [0, 0.1) is 13.8 Å². The molecule has 0 spiro atoms. The maximum absolute atomic E-state index is 13.2. The minimum Gasteiger partial charge on any atom is -0.337 e. The van der Waals surface area contributed by atoms with Crippen molar-refractivity contribution >= 4 is 22.9 Å². The summed E-state index contributed by atoms with van der Waals surface area (Å²) in [5, 5.41) is 6.27. The third-order valence-electron chi connectivity index (χ3n) is 6.01. The Labute approximate surface area is 221 Å². The first-order chi connectivity index (χ1) is 18.9. The molecule has 1 unspecified atom stereocenters. The Morgan fingerprint density at radius 1 is 1.18 bits per heavy atom. The second-order valence-electron chi connectivity index (χ2n) is 8.87. The number of nitrogens with one attached hydrogen (secondary N) is 2. The Balaban J connectivity index is 1.41. The van der Waals surface area contributed by atoms with Gasteiger partial charge in [-0.15, -0.1) is 0 Å². The number of hydrogen-bond donors (Lipinski definition) is 2. The summed E-state index contributed by atoms with van der Waals surface area (Å²) in [5.74, 6) is -0.0757. The zero-order valence-corrected chi connectivity index (χ0v) is 21.1. The third-order valence-corrected chi connectivity index (χ3v) is 6.01. The van der Waals surface area contributed by atoms with E-state index in [1.165, 1.54) is 36.9 Å². The number of aromatic nitrogens is 8. The molecular weight excluding hydrogens is 535 g/mol. The van der Waals surface area contributed by atoms with Gasteiger partial charge in [-0.05, 0) is 44.5 Å². The lowest BCUT2D eigenvalue weighted by Gasteiger charge is -2.15. The van der Waals surface area contributed by atoms with E-state index in [1.807, 2.05) is 0 Å². The van der Waals surface area contributed by atoms with E-state index < -0.39 is 35.1 Å². The van der Waals surface area contributed by atoms with Crippen LogP contribution in [0.15, 0.2) is 50.9 Å². The lowest BCUT2D eigenvalue weighted by molar-refractivity contribution is -0.141. The van der Waals surface area contributed by atoms with E-state index in [1.54, 1.807) is 19.1 Å². The average molecular weight is 555 g/mol. The molecule has 16 heteroatoms. The Bertz CT molecular complexity index is 1870. The van der Waals surface area contributed by atoms with Crippen molar-refractivity contribution in [1.29, 1.82) is 0 Å². The predicted octanol–water partition coefficient (Wildman–Crippen LogP) is 2.61. The number of halogens is 3. The number of pyridine rings is 2. The lowest BCUT2D eigenvalue weighted by atomic mass is 10.1. The topological polar surface area (TPSA) is 166 Å². The van der Waals surface area contributed by atoms with Crippen LogP contribution in [0.5, 0.6) is 0 Å². The summed E-state index contributed by atoms with van der Waals surface area (Å²) in [6, 6.07) is 4.97. The van der Waals surface area contributed by atoms with Crippen LogP contribution in [0.1, 0.15) is 35.9 Å². The molecule has 0 aromatic carbocycles. The molecule has 5 heterocycles. The van der Waals surface area contributed by atoms with Crippen LogP contribution in [-0.4, -0.2) is 45.1 Å². The first kappa shape index (κ1) is 26.5. The second kappa shape index (κ2) is 9.87. The summed E-state index contributed by atoms with van der Waals surface area (Å²) in [6.45, 7) is 4.11. The fourth-order valence-electron chi connectivity index (χ4n) is 4.06. The van der Waals surface area contributed by atoms with Gasteiger partial charge < -0.3 is 14.4 Å². The molecule has 0 radical (unpaired) electrons. The van der Waals surface area contributed by atoms with Crippen molar-refractivity contribution in [3.05, 3.63) is 80.6 Å². The van der Waals surface area contributed by atoms with E-state index in [2.05, 4.69) is 35.4 Å². The number of H-pyrrole nitrogens is 1. The average Bonchev–Trinajstić information content (AvgIpc) is 3.51. The zero-order chi connectivity index (χ0) is 28.8. The first-order valence-electron chi connectivity index (χ1n) is 11.7. The number of aromatic amines is 1. The number of alkyl halides is 3. The van der Waals surface area contributed by atoms with Gasteiger partial charge in [0, 0.05) is 11.8 Å². The normalized spacial score (nSPS) is 12.6. The van der Waals surface area contributed by atoms with Gasteiger partial charge in [0.25, 0.3) is 5.56 Å².